The van der Waals surface area contributed by atoms with Crippen molar-refractivity contribution < 1.29 is 14.3 Å². The summed E-state index contributed by atoms with van der Waals surface area (Å²) in [6.45, 7) is 4.06. The molecule has 0 radical (unpaired) electrons. The zero-order valence-electron chi connectivity index (χ0n) is 14.2. The summed E-state index contributed by atoms with van der Waals surface area (Å²) in [6.07, 6.45) is 0. The highest BCUT2D eigenvalue weighted by atomic mass is 32.2. The molecular formula is C16H20N4O3S2. The normalized spacial score (nSPS) is 10.6. The average molecular weight is 380 g/mol. The first-order chi connectivity index (χ1) is 12.0. The van der Waals surface area contributed by atoms with Crippen LogP contribution in [0.2, 0.25) is 0 Å². The van der Waals surface area contributed by atoms with Crippen LogP contribution >= 0.6 is 23.1 Å². The number of ether oxygens (including phenoxy) is 1. The van der Waals surface area contributed by atoms with E-state index >= 15 is 0 Å². The lowest BCUT2D eigenvalue weighted by molar-refractivity contribution is -0.119. The van der Waals surface area contributed by atoms with Gasteiger partial charge in [-0.2, -0.15) is 0 Å². The summed E-state index contributed by atoms with van der Waals surface area (Å²) < 4.78 is 5.73. The Morgan fingerprint density at radius 1 is 1.24 bits per heavy atom. The number of methoxy groups -OCH3 is 1. The summed E-state index contributed by atoms with van der Waals surface area (Å²) in [5.74, 6) is 0.697. The molecule has 134 valence electrons. The number of benzene rings is 1. The minimum atomic E-state index is -0.122. The van der Waals surface area contributed by atoms with Crippen LogP contribution in [0.15, 0.2) is 28.6 Å². The first kappa shape index (κ1) is 19.2. The summed E-state index contributed by atoms with van der Waals surface area (Å²) in [5.41, 5.74) is 0.994. The van der Waals surface area contributed by atoms with Crippen molar-refractivity contribution in [3.05, 3.63) is 29.8 Å². The van der Waals surface area contributed by atoms with Gasteiger partial charge in [0.05, 0.1) is 12.9 Å². The van der Waals surface area contributed by atoms with E-state index in [1.165, 1.54) is 23.1 Å². The van der Waals surface area contributed by atoms with Gasteiger partial charge in [-0.3, -0.25) is 9.59 Å². The number of nitrogens with zero attached hydrogens (tertiary/aromatic N) is 2. The minimum absolute atomic E-state index is 0.0937. The second-order valence-corrected chi connectivity index (χ2v) is 7.63. The third-order valence-corrected chi connectivity index (χ3v) is 5.11. The second-order valence-electron chi connectivity index (χ2n) is 5.43. The van der Waals surface area contributed by atoms with Gasteiger partial charge in [0.25, 0.3) is 0 Å². The Hall–Kier alpha value is -2.13. The topological polar surface area (TPSA) is 93.2 Å². The predicted octanol–water partition coefficient (Wildman–Crippen LogP) is 2.55. The van der Waals surface area contributed by atoms with E-state index in [2.05, 4.69) is 20.8 Å². The van der Waals surface area contributed by atoms with Crippen LogP contribution in [-0.4, -0.2) is 34.9 Å². The number of nitrogens with one attached hydrogen (secondary N) is 2. The number of carbonyl (C=O) groups excluding carboxylic acids is 2. The van der Waals surface area contributed by atoms with Crippen molar-refractivity contribution in [2.45, 2.75) is 24.7 Å². The molecule has 0 atom stereocenters. The monoisotopic (exact) mass is 380 g/mol. The van der Waals surface area contributed by atoms with Gasteiger partial charge in [-0.1, -0.05) is 49.1 Å². The fraction of sp³-hybridized carbons (Fsp3) is 0.375. The van der Waals surface area contributed by atoms with E-state index in [-0.39, 0.29) is 23.5 Å². The summed E-state index contributed by atoms with van der Waals surface area (Å²) in [4.78, 5) is 23.5. The van der Waals surface area contributed by atoms with Crippen LogP contribution < -0.4 is 15.4 Å². The number of anilines is 1. The molecule has 9 heteroatoms. The lowest BCUT2D eigenvalue weighted by atomic mass is 10.2. The molecule has 0 fully saturated rings. The fourth-order valence-corrected chi connectivity index (χ4v) is 3.28. The van der Waals surface area contributed by atoms with Gasteiger partial charge < -0.3 is 15.4 Å². The molecule has 25 heavy (non-hydrogen) atoms. The summed E-state index contributed by atoms with van der Waals surface area (Å²) in [5, 5.41) is 13.8. The second kappa shape index (κ2) is 9.38. The molecule has 2 N–H and O–H groups in total. The maximum absolute atomic E-state index is 11.9. The van der Waals surface area contributed by atoms with E-state index in [9.17, 15) is 9.59 Å². The Morgan fingerprint density at radius 2 is 1.96 bits per heavy atom. The van der Waals surface area contributed by atoms with Crippen LogP contribution in [0, 0.1) is 5.92 Å². The fourth-order valence-electron chi connectivity index (χ4n) is 1.69. The van der Waals surface area contributed by atoms with E-state index in [1.54, 1.807) is 21.0 Å². The molecule has 1 aromatic heterocycles. The lowest BCUT2D eigenvalue weighted by Gasteiger charge is -2.05. The van der Waals surface area contributed by atoms with Gasteiger partial charge >= 0.3 is 0 Å². The third-order valence-electron chi connectivity index (χ3n) is 3.14. The molecule has 0 spiro atoms. The molecule has 0 aliphatic rings. The molecular weight excluding hydrogens is 360 g/mol. The predicted molar refractivity (Wildman–Crippen MR) is 98.9 cm³/mol. The van der Waals surface area contributed by atoms with Crippen molar-refractivity contribution in [2.75, 3.05) is 18.2 Å². The van der Waals surface area contributed by atoms with Gasteiger partial charge in [0, 0.05) is 12.5 Å². The van der Waals surface area contributed by atoms with Crippen molar-refractivity contribution in [3.63, 3.8) is 0 Å². The Morgan fingerprint density at radius 3 is 2.60 bits per heavy atom. The van der Waals surface area contributed by atoms with Crippen molar-refractivity contribution in [1.82, 2.24) is 15.5 Å². The van der Waals surface area contributed by atoms with Crippen LogP contribution in [-0.2, 0) is 16.1 Å². The molecule has 0 aliphatic carbocycles. The maximum Gasteiger partial charge on any atom is 0.230 e. The molecule has 2 aromatic rings. The van der Waals surface area contributed by atoms with Crippen molar-refractivity contribution >= 4 is 40.0 Å². The third kappa shape index (κ3) is 6.35. The van der Waals surface area contributed by atoms with Crippen molar-refractivity contribution in [3.8, 4) is 5.75 Å². The molecule has 0 saturated heterocycles. The quantitative estimate of drug-likeness (QED) is 0.540. The van der Waals surface area contributed by atoms with Gasteiger partial charge in [-0.25, -0.2) is 0 Å². The standard InChI is InChI=1S/C16H20N4O3S2/c1-10(2)14(22)18-15-19-20-16(25-15)24-9-13(21)17-8-11-4-6-12(23-3)7-5-11/h4-7,10H,8-9H2,1-3H3,(H,17,21)(H,18,19,22). The highest BCUT2D eigenvalue weighted by Gasteiger charge is 2.12. The van der Waals surface area contributed by atoms with Gasteiger partial charge in [0.1, 0.15) is 5.75 Å². The van der Waals surface area contributed by atoms with Gasteiger partial charge in [0.15, 0.2) is 4.34 Å². The first-order valence-electron chi connectivity index (χ1n) is 7.64. The van der Waals surface area contributed by atoms with E-state index in [4.69, 9.17) is 4.74 Å². The number of hydrogen-bond donors (Lipinski definition) is 2. The Balaban J connectivity index is 1.74. The molecule has 0 aliphatic heterocycles. The van der Waals surface area contributed by atoms with Gasteiger partial charge in [-0.05, 0) is 17.7 Å². The number of rotatable bonds is 8. The van der Waals surface area contributed by atoms with E-state index in [1.807, 2.05) is 24.3 Å². The maximum atomic E-state index is 11.9. The molecule has 0 unspecified atom stereocenters. The Labute approximate surface area is 154 Å². The number of thioether (sulfide) groups is 1. The highest BCUT2D eigenvalue weighted by molar-refractivity contribution is 8.01. The minimum Gasteiger partial charge on any atom is -0.497 e. The van der Waals surface area contributed by atoms with Crippen LogP contribution in [0.1, 0.15) is 19.4 Å². The van der Waals surface area contributed by atoms with Crippen molar-refractivity contribution in [1.29, 1.82) is 0 Å². The SMILES string of the molecule is COc1ccc(CNC(=O)CSc2nnc(NC(=O)C(C)C)s2)cc1. The average Bonchev–Trinajstić information content (AvgIpc) is 3.05. The molecule has 0 saturated carbocycles. The molecule has 2 amide bonds. The Kier molecular flexibility index (Phi) is 7.20. The van der Waals surface area contributed by atoms with E-state index in [0.29, 0.717) is 16.0 Å². The van der Waals surface area contributed by atoms with E-state index < -0.39 is 0 Å². The molecule has 1 heterocycles. The summed E-state index contributed by atoms with van der Waals surface area (Å²) in [7, 11) is 1.61. The van der Waals surface area contributed by atoms with Gasteiger partial charge in [0.2, 0.25) is 16.9 Å². The lowest BCUT2D eigenvalue weighted by Crippen LogP contribution is -2.24. The number of amides is 2. The van der Waals surface area contributed by atoms with Crippen LogP contribution in [0.4, 0.5) is 5.13 Å². The number of aromatic nitrogens is 2. The smallest absolute Gasteiger partial charge is 0.230 e. The number of hydrogen-bond acceptors (Lipinski definition) is 7. The van der Waals surface area contributed by atoms with Crippen LogP contribution in [0.5, 0.6) is 5.75 Å². The Bertz CT molecular complexity index is 716. The zero-order chi connectivity index (χ0) is 18.2. The highest BCUT2D eigenvalue weighted by Crippen LogP contribution is 2.25. The number of carbonyl (C=O) groups is 2. The van der Waals surface area contributed by atoms with Crippen molar-refractivity contribution in [2.24, 2.45) is 5.92 Å². The first-order valence-corrected chi connectivity index (χ1v) is 9.45. The molecule has 7 nitrogen and oxygen atoms in total. The summed E-state index contributed by atoms with van der Waals surface area (Å²) >= 11 is 2.54. The zero-order valence-corrected chi connectivity index (χ0v) is 15.9. The van der Waals surface area contributed by atoms with Gasteiger partial charge in [-0.15, -0.1) is 10.2 Å². The van der Waals surface area contributed by atoms with Crippen LogP contribution in [0.25, 0.3) is 0 Å². The summed E-state index contributed by atoms with van der Waals surface area (Å²) in [6, 6.07) is 7.51. The molecule has 2 rings (SSSR count). The molecule has 0 bridgehead atoms. The van der Waals surface area contributed by atoms with Crippen LogP contribution in [0.3, 0.4) is 0 Å². The molecule has 1 aromatic carbocycles. The van der Waals surface area contributed by atoms with E-state index in [0.717, 1.165) is 11.3 Å². The largest absolute Gasteiger partial charge is 0.497 e.